The number of rotatable bonds is 2. The first-order valence-electron chi connectivity index (χ1n) is 7.30. The van der Waals surface area contributed by atoms with E-state index in [1.807, 2.05) is 19.1 Å². The Bertz CT molecular complexity index is 1020. The Balaban J connectivity index is 1.85. The molecular weight excluding hydrogens is 288 g/mol. The monoisotopic (exact) mass is 302 g/mol. The minimum Gasteiger partial charge on any atom is -0.352 e. The predicted octanol–water partition coefficient (Wildman–Crippen LogP) is 3.67. The van der Waals surface area contributed by atoms with Crippen molar-refractivity contribution >= 4 is 33.4 Å². The third-order valence-corrected chi connectivity index (χ3v) is 3.83. The van der Waals surface area contributed by atoms with E-state index < -0.39 is 0 Å². The molecule has 0 aliphatic carbocycles. The van der Waals surface area contributed by atoms with Crippen LogP contribution in [-0.4, -0.2) is 20.9 Å². The highest BCUT2D eigenvalue weighted by atomic mass is 16.1. The van der Waals surface area contributed by atoms with E-state index >= 15 is 0 Å². The van der Waals surface area contributed by atoms with Crippen LogP contribution < -0.4 is 5.32 Å². The van der Waals surface area contributed by atoms with Crippen LogP contribution in [0, 0.1) is 6.92 Å². The van der Waals surface area contributed by atoms with E-state index in [2.05, 4.69) is 26.3 Å². The lowest BCUT2D eigenvalue weighted by molar-refractivity contribution is 0.102. The highest BCUT2D eigenvalue weighted by molar-refractivity contribution is 6.15. The maximum Gasteiger partial charge on any atom is 0.257 e. The van der Waals surface area contributed by atoms with Gasteiger partial charge in [-0.25, -0.2) is 0 Å². The molecule has 0 bridgehead atoms. The Labute approximate surface area is 132 Å². The number of aryl methyl sites for hydroxylation is 1. The van der Waals surface area contributed by atoms with Crippen molar-refractivity contribution in [3.8, 4) is 0 Å². The largest absolute Gasteiger partial charge is 0.352 e. The Morgan fingerprint density at radius 3 is 2.78 bits per heavy atom. The van der Waals surface area contributed by atoms with Gasteiger partial charge < -0.3 is 10.3 Å². The summed E-state index contributed by atoms with van der Waals surface area (Å²) < 4.78 is 0. The van der Waals surface area contributed by atoms with E-state index in [1.54, 1.807) is 36.9 Å². The van der Waals surface area contributed by atoms with Crippen molar-refractivity contribution in [3.05, 3.63) is 66.2 Å². The lowest BCUT2D eigenvalue weighted by Crippen LogP contribution is -2.12. The fraction of sp³-hybridized carbons (Fsp3) is 0.0556. The third-order valence-electron chi connectivity index (χ3n) is 3.83. The molecular formula is C18H14N4O. The van der Waals surface area contributed by atoms with Crippen LogP contribution in [0.25, 0.3) is 21.8 Å². The Morgan fingerprint density at radius 2 is 1.96 bits per heavy atom. The van der Waals surface area contributed by atoms with Crippen LogP contribution in [0.3, 0.4) is 0 Å². The first kappa shape index (κ1) is 13.5. The van der Waals surface area contributed by atoms with E-state index in [0.717, 1.165) is 33.1 Å². The molecule has 1 amide bonds. The van der Waals surface area contributed by atoms with Gasteiger partial charge >= 0.3 is 0 Å². The molecule has 0 atom stereocenters. The third kappa shape index (κ3) is 2.32. The number of nitrogens with one attached hydrogen (secondary N) is 2. The molecule has 0 fully saturated rings. The molecule has 4 rings (SSSR count). The van der Waals surface area contributed by atoms with Gasteiger partial charge in [-0.3, -0.25) is 14.8 Å². The van der Waals surface area contributed by atoms with E-state index in [-0.39, 0.29) is 5.91 Å². The van der Waals surface area contributed by atoms with E-state index in [4.69, 9.17) is 0 Å². The summed E-state index contributed by atoms with van der Waals surface area (Å²) in [7, 11) is 0. The number of carbonyl (C=O) groups excluding carboxylic acids is 1. The van der Waals surface area contributed by atoms with Gasteiger partial charge in [0, 0.05) is 29.4 Å². The van der Waals surface area contributed by atoms with Crippen molar-refractivity contribution in [2.75, 3.05) is 5.32 Å². The number of aromatic nitrogens is 3. The fourth-order valence-electron chi connectivity index (χ4n) is 2.79. The molecule has 0 saturated carbocycles. The number of H-pyrrole nitrogens is 1. The average Bonchev–Trinajstić information content (AvgIpc) is 2.94. The molecule has 3 heterocycles. The van der Waals surface area contributed by atoms with Crippen molar-refractivity contribution in [3.63, 3.8) is 0 Å². The standard InChI is InChI=1S/C18H14N4O/c1-11-7-14-13-4-6-20-10-16(13)21-17(14)15(8-11)22-18(23)12-3-2-5-19-9-12/h2-10,21H,1H3,(H,22,23). The number of hydrogen-bond acceptors (Lipinski definition) is 3. The number of hydrogen-bond donors (Lipinski definition) is 2. The molecule has 0 unspecified atom stereocenters. The maximum atomic E-state index is 12.4. The summed E-state index contributed by atoms with van der Waals surface area (Å²) >= 11 is 0. The van der Waals surface area contributed by atoms with Gasteiger partial charge in [0.25, 0.3) is 5.91 Å². The Kier molecular flexibility index (Phi) is 3.05. The van der Waals surface area contributed by atoms with Crippen molar-refractivity contribution in [2.24, 2.45) is 0 Å². The van der Waals surface area contributed by atoms with Gasteiger partial charge in [0.2, 0.25) is 0 Å². The van der Waals surface area contributed by atoms with E-state index in [1.165, 1.54) is 0 Å². The van der Waals surface area contributed by atoms with Gasteiger partial charge in [0.05, 0.1) is 28.5 Å². The highest BCUT2D eigenvalue weighted by Crippen LogP contribution is 2.31. The SMILES string of the molecule is Cc1cc(NC(=O)c2cccnc2)c2[nH]c3cnccc3c2c1. The van der Waals surface area contributed by atoms with Crippen molar-refractivity contribution in [2.45, 2.75) is 6.92 Å². The molecule has 5 heteroatoms. The topological polar surface area (TPSA) is 70.7 Å². The molecule has 23 heavy (non-hydrogen) atoms. The summed E-state index contributed by atoms with van der Waals surface area (Å²) in [6.45, 7) is 2.01. The molecule has 0 saturated heterocycles. The summed E-state index contributed by atoms with van der Waals surface area (Å²) in [5.74, 6) is -0.179. The second kappa shape index (κ2) is 5.21. The summed E-state index contributed by atoms with van der Waals surface area (Å²) in [5, 5.41) is 5.14. The van der Waals surface area contributed by atoms with E-state index in [9.17, 15) is 4.79 Å². The average molecular weight is 302 g/mol. The summed E-state index contributed by atoms with van der Waals surface area (Å²) in [6, 6.07) is 9.52. The number of carbonyl (C=O) groups is 1. The number of nitrogens with zero attached hydrogens (tertiary/aromatic N) is 2. The Hall–Kier alpha value is -3.21. The van der Waals surface area contributed by atoms with Crippen LogP contribution in [0.1, 0.15) is 15.9 Å². The van der Waals surface area contributed by atoms with Crippen molar-refractivity contribution in [1.29, 1.82) is 0 Å². The highest BCUT2D eigenvalue weighted by Gasteiger charge is 2.12. The molecule has 4 aromatic rings. The molecule has 2 N–H and O–H groups in total. The lowest BCUT2D eigenvalue weighted by atomic mass is 10.1. The number of fused-ring (bicyclic) bond motifs is 3. The summed E-state index contributed by atoms with van der Waals surface area (Å²) in [6.07, 6.45) is 6.76. The summed E-state index contributed by atoms with van der Waals surface area (Å²) in [5.41, 5.74) is 4.21. The van der Waals surface area contributed by atoms with Gasteiger partial charge in [-0.05, 0) is 42.8 Å². The smallest absolute Gasteiger partial charge is 0.257 e. The van der Waals surface area contributed by atoms with Crippen molar-refractivity contribution < 1.29 is 4.79 Å². The first-order chi connectivity index (χ1) is 11.2. The first-order valence-corrected chi connectivity index (χ1v) is 7.30. The number of benzene rings is 1. The van der Waals surface area contributed by atoms with Crippen LogP contribution in [0.2, 0.25) is 0 Å². The van der Waals surface area contributed by atoms with Gasteiger partial charge in [-0.15, -0.1) is 0 Å². The van der Waals surface area contributed by atoms with Crippen molar-refractivity contribution in [1.82, 2.24) is 15.0 Å². The Morgan fingerprint density at radius 1 is 1.09 bits per heavy atom. The van der Waals surface area contributed by atoms with Crippen LogP contribution in [0.4, 0.5) is 5.69 Å². The molecule has 3 aromatic heterocycles. The summed E-state index contributed by atoms with van der Waals surface area (Å²) in [4.78, 5) is 23.9. The lowest BCUT2D eigenvalue weighted by Gasteiger charge is -2.08. The second-order valence-corrected chi connectivity index (χ2v) is 5.48. The molecule has 5 nitrogen and oxygen atoms in total. The second-order valence-electron chi connectivity index (χ2n) is 5.48. The van der Waals surface area contributed by atoms with Gasteiger partial charge in [0.1, 0.15) is 0 Å². The molecule has 112 valence electrons. The minimum absolute atomic E-state index is 0.179. The fourth-order valence-corrected chi connectivity index (χ4v) is 2.79. The minimum atomic E-state index is -0.179. The van der Waals surface area contributed by atoms with Crippen LogP contribution in [0.5, 0.6) is 0 Å². The molecule has 1 aromatic carbocycles. The zero-order chi connectivity index (χ0) is 15.8. The van der Waals surface area contributed by atoms with Crippen LogP contribution >= 0.6 is 0 Å². The van der Waals surface area contributed by atoms with Crippen LogP contribution in [-0.2, 0) is 0 Å². The van der Waals surface area contributed by atoms with E-state index in [0.29, 0.717) is 5.56 Å². The predicted molar refractivity (Wildman–Crippen MR) is 90.5 cm³/mol. The number of anilines is 1. The molecule has 0 radical (unpaired) electrons. The zero-order valence-electron chi connectivity index (χ0n) is 12.5. The maximum absolute atomic E-state index is 12.4. The van der Waals surface area contributed by atoms with Gasteiger partial charge in [0.15, 0.2) is 0 Å². The normalized spacial score (nSPS) is 11.0. The van der Waals surface area contributed by atoms with Gasteiger partial charge in [-0.1, -0.05) is 0 Å². The molecule has 0 aliphatic rings. The van der Waals surface area contributed by atoms with Gasteiger partial charge in [-0.2, -0.15) is 0 Å². The number of aromatic amines is 1. The number of pyridine rings is 2. The van der Waals surface area contributed by atoms with Crippen LogP contribution in [0.15, 0.2) is 55.1 Å². The number of amides is 1. The molecule has 0 spiro atoms. The quantitative estimate of drug-likeness (QED) is 0.593. The molecule has 0 aliphatic heterocycles. The zero-order valence-corrected chi connectivity index (χ0v) is 12.5.